The first-order valence-corrected chi connectivity index (χ1v) is 8.64. The summed E-state index contributed by atoms with van der Waals surface area (Å²) in [5.41, 5.74) is 2.55. The Balaban J connectivity index is -0.0000000460. The minimum atomic E-state index is 0. The van der Waals surface area contributed by atoms with Crippen molar-refractivity contribution in [2.75, 3.05) is 0 Å². The molecule has 0 heterocycles. The summed E-state index contributed by atoms with van der Waals surface area (Å²) in [5.74, 6) is 0. The molecule has 0 saturated heterocycles. The quantitative estimate of drug-likeness (QED) is 0.458. The molecule has 18 heavy (non-hydrogen) atoms. The first-order valence-electron chi connectivity index (χ1n) is 4.62. The zero-order valence-corrected chi connectivity index (χ0v) is 16.4. The summed E-state index contributed by atoms with van der Waals surface area (Å²) in [5, 5.41) is 0. The molecule has 0 nitrogen and oxygen atoms in total. The first-order chi connectivity index (χ1) is 6.79. The van der Waals surface area contributed by atoms with Gasteiger partial charge in [0.25, 0.3) is 0 Å². The summed E-state index contributed by atoms with van der Waals surface area (Å²) in [6.07, 6.45) is 16.7. The molecule has 0 aromatic rings. The minimum absolute atomic E-state index is 0. The molecule has 0 bridgehead atoms. The maximum atomic E-state index is 3.12. The van der Waals surface area contributed by atoms with Crippen molar-refractivity contribution in [2.45, 2.75) is 26.7 Å². The van der Waals surface area contributed by atoms with Crippen LogP contribution >= 0.6 is 24.8 Å². The molecule has 0 unspecified atom stereocenters. The van der Waals surface area contributed by atoms with Crippen LogP contribution in [0.2, 0.25) is 0 Å². The molecule has 0 fully saturated rings. The molecule has 0 aliphatic heterocycles. The number of allylic oxidation sites excluding steroid dienone is 8. The predicted octanol–water partition coefficient (Wildman–Crippen LogP) is 4.22. The Labute approximate surface area is 140 Å². The van der Waals surface area contributed by atoms with E-state index in [1.807, 2.05) is 26.8 Å². The number of hydrogen-bond acceptors (Lipinski definition) is 0. The van der Waals surface area contributed by atoms with E-state index in [1.165, 1.54) is 11.1 Å². The Kier molecular flexibility index (Phi) is 39.1. The van der Waals surface area contributed by atoms with Crippen LogP contribution < -0.4 is 0 Å². The monoisotopic (exact) mass is 338 g/mol. The van der Waals surface area contributed by atoms with Crippen molar-refractivity contribution in [1.29, 1.82) is 0 Å². The molecule has 0 saturated carbocycles. The summed E-state index contributed by atoms with van der Waals surface area (Å²) in [4.78, 5) is 0. The first kappa shape index (κ1) is 31.1. The SMILES string of the molecule is CC1=[C-]CC=C1.CC1=[C-]CC=C1.Cl.Cl.[CH3-].[CH3-].[SiH2]=[Ti]. The third kappa shape index (κ3) is 18.8. The van der Waals surface area contributed by atoms with Crippen molar-refractivity contribution in [1.82, 2.24) is 0 Å². The van der Waals surface area contributed by atoms with Crippen LogP contribution in [0.4, 0.5) is 0 Å². The normalized spacial score (nSPS) is 12.5. The van der Waals surface area contributed by atoms with Crippen LogP contribution in [-0.4, -0.2) is 7.63 Å². The molecule has 0 radical (unpaired) electrons. The fraction of sp³-hybridized carbons (Fsp3) is 0.286. The van der Waals surface area contributed by atoms with Gasteiger partial charge >= 0.3 is 26.8 Å². The van der Waals surface area contributed by atoms with E-state index in [4.69, 9.17) is 0 Å². The molecule has 2 aliphatic carbocycles. The molecule has 0 atom stereocenters. The molecule has 0 aromatic carbocycles. The van der Waals surface area contributed by atoms with Crippen LogP contribution in [0.15, 0.2) is 35.5 Å². The Bertz CT molecular complexity index is 248. The molecular formula is C14H24Cl2SiTi-4. The summed E-state index contributed by atoms with van der Waals surface area (Å²) in [7, 11) is 1.86. The van der Waals surface area contributed by atoms with Gasteiger partial charge in [0.2, 0.25) is 0 Å². The van der Waals surface area contributed by atoms with Gasteiger partial charge < -0.3 is 14.9 Å². The molecular weight excluding hydrogens is 315 g/mol. The van der Waals surface area contributed by atoms with E-state index in [0.717, 1.165) is 12.8 Å². The van der Waals surface area contributed by atoms with Gasteiger partial charge in [0.1, 0.15) is 0 Å². The van der Waals surface area contributed by atoms with Gasteiger partial charge in [0.15, 0.2) is 0 Å². The van der Waals surface area contributed by atoms with Gasteiger partial charge in [-0.3, -0.25) is 12.2 Å². The number of rotatable bonds is 0. The molecule has 0 amide bonds. The Morgan fingerprint density at radius 3 is 1.22 bits per heavy atom. The topological polar surface area (TPSA) is 0 Å². The van der Waals surface area contributed by atoms with Crippen molar-refractivity contribution in [3.05, 3.63) is 62.5 Å². The van der Waals surface area contributed by atoms with Crippen LogP contribution in [0.1, 0.15) is 26.7 Å². The van der Waals surface area contributed by atoms with Crippen molar-refractivity contribution in [3.8, 4) is 0 Å². The molecule has 4 heteroatoms. The number of hydrogen-bond donors (Lipinski definition) is 0. The van der Waals surface area contributed by atoms with Crippen molar-refractivity contribution in [2.24, 2.45) is 0 Å². The zero-order chi connectivity index (χ0) is 10.8. The summed E-state index contributed by atoms with van der Waals surface area (Å²) in [6, 6.07) is 0. The van der Waals surface area contributed by atoms with Gasteiger partial charge in [-0.25, -0.2) is 23.3 Å². The van der Waals surface area contributed by atoms with Gasteiger partial charge in [-0.2, -0.15) is 12.2 Å². The average molecular weight is 339 g/mol. The molecule has 0 aromatic heterocycles. The van der Waals surface area contributed by atoms with E-state index in [2.05, 4.69) is 50.3 Å². The van der Waals surface area contributed by atoms with Crippen molar-refractivity contribution in [3.63, 3.8) is 0 Å². The van der Waals surface area contributed by atoms with Crippen LogP contribution in [0.5, 0.6) is 0 Å². The maximum absolute atomic E-state index is 3.12. The van der Waals surface area contributed by atoms with E-state index < -0.39 is 0 Å². The van der Waals surface area contributed by atoms with Gasteiger partial charge in [0.05, 0.1) is 0 Å². The fourth-order valence-electron chi connectivity index (χ4n) is 1.03. The van der Waals surface area contributed by atoms with Crippen LogP contribution in [0.3, 0.4) is 0 Å². The van der Waals surface area contributed by atoms with E-state index in [-0.39, 0.29) is 39.7 Å². The third-order valence-electron chi connectivity index (χ3n) is 1.73. The predicted molar refractivity (Wildman–Crippen MR) is 88.2 cm³/mol. The van der Waals surface area contributed by atoms with E-state index in [0.29, 0.717) is 0 Å². The standard InChI is InChI=1S/2C6H7.2CH3.2ClH.H2Si.Ti/c2*1-6-4-2-3-5-6;;;;;;/h2*2,4H,3H2,1H3;2*1H3;2*1H;1H2;/q4*-1;;;;. The second-order valence-electron chi connectivity index (χ2n) is 2.93. The van der Waals surface area contributed by atoms with Gasteiger partial charge in [-0.1, -0.05) is 13.8 Å². The Hall–Kier alpha value is 0.471. The van der Waals surface area contributed by atoms with Crippen LogP contribution in [-0.2, 0) is 19.2 Å². The summed E-state index contributed by atoms with van der Waals surface area (Å²) >= 11 is 2.03. The van der Waals surface area contributed by atoms with Crippen LogP contribution in [0, 0.1) is 27.0 Å². The third-order valence-corrected chi connectivity index (χ3v) is 1.73. The average Bonchev–Trinajstić information content (AvgIpc) is 2.83. The molecule has 2 aliphatic rings. The van der Waals surface area contributed by atoms with Crippen LogP contribution in [0.25, 0.3) is 0 Å². The second-order valence-corrected chi connectivity index (χ2v) is 2.93. The molecule has 0 N–H and O–H groups in total. The van der Waals surface area contributed by atoms with Gasteiger partial charge in [-0.15, -0.1) is 37.7 Å². The molecule has 106 valence electrons. The second kappa shape index (κ2) is 22.6. The molecule has 2 rings (SSSR count). The Morgan fingerprint density at radius 2 is 1.17 bits per heavy atom. The van der Waals surface area contributed by atoms with E-state index in [9.17, 15) is 0 Å². The fourth-order valence-corrected chi connectivity index (χ4v) is 1.03. The summed E-state index contributed by atoms with van der Waals surface area (Å²) < 4.78 is 0. The molecule has 0 spiro atoms. The van der Waals surface area contributed by atoms with Gasteiger partial charge in [0, 0.05) is 0 Å². The zero-order valence-electron chi connectivity index (χ0n) is 11.7. The Morgan fingerprint density at radius 1 is 0.889 bits per heavy atom. The van der Waals surface area contributed by atoms with Crippen molar-refractivity contribution >= 4 is 32.4 Å². The van der Waals surface area contributed by atoms with E-state index >= 15 is 0 Å². The van der Waals surface area contributed by atoms with E-state index in [1.54, 1.807) is 0 Å². The van der Waals surface area contributed by atoms with Gasteiger partial charge in [-0.05, 0) is 0 Å². The van der Waals surface area contributed by atoms with Crippen molar-refractivity contribution < 1.29 is 19.2 Å². The number of halogens is 2. The summed E-state index contributed by atoms with van der Waals surface area (Å²) in [6.45, 7) is 4.12.